The number of aromatic amines is 1. The standard InChI is InChI=1S/C22H28N4O7/c1-12(2)23-22(30)33-14-5-4-13(6-14)17-9-20(26-25-17)24-21(29)11-32-19-8-15(31-3)7-18(28)16(19)10-27/h7-10,12-14,28H,4-6,11H2,1-3H3,(H,23,30)(H2,24,25,26,29)/t13-,14+/m1/s1. The van der Waals surface area contributed by atoms with Gasteiger partial charge in [0.1, 0.15) is 23.4 Å². The van der Waals surface area contributed by atoms with Crippen molar-refractivity contribution in [3.8, 4) is 17.2 Å². The quantitative estimate of drug-likeness (QED) is 0.417. The summed E-state index contributed by atoms with van der Waals surface area (Å²) in [5, 5.41) is 22.2. The first-order valence-electron chi connectivity index (χ1n) is 10.6. The Hall–Kier alpha value is -3.76. The summed E-state index contributed by atoms with van der Waals surface area (Å²) >= 11 is 0. The van der Waals surface area contributed by atoms with E-state index in [1.165, 1.54) is 19.2 Å². The van der Waals surface area contributed by atoms with Gasteiger partial charge in [-0.1, -0.05) is 0 Å². The molecule has 2 aromatic rings. The van der Waals surface area contributed by atoms with Gasteiger partial charge in [0.15, 0.2) is 18.7 Å². The van der Waals surface area contributed by atoms with Gasteiger partial charge < -0.3 is 30.0 Å². The van der Waals surface area contributed by atoms with E-state index in [1.54, 1.807) is 6.07 Å². The minimum atomic E-state index is -0.495. The van der Waals surface area contributed by atoms with E-state index in [2.05, 4.69) is 20.8 Å². The number of amides is 2. The Balaban J connectivity index is 1.52. The average molecular weight is 460 g/mol. The van der Waals surface area contributed by atoms with E-state index in [-0.39, 0.29) is 40.9 Å². The molecule has 1 aliphatic rings. The number of hydrogen-bond acceptors (Lipinski definition) is 8. The Kier molecular flexibility index (Phi) is 7.75. The molecule has 11 heteroatoms. The summed E-state index contributed by atoms with van der Waals surface area (Å²) < 4.78 is 15.9. The van der Waals surface area contributed by atoms with Crippen LogP contribution in [0.5, 0.6) is 17.2 Å². The number of benzene rings is 1. The molecular formula is C22H28N4O7. The monoisotopic (exact) mass is 460 g/mol. The first-order chi connectivity index (χ1) is 15.8. The molecule has 0 unspecified atom stereocenters. The fourth-order valence-electron chi connectivity index (χ4n) is 3.63. The molecule has 11 nitrogen and oxygen atoms in total. The SMILES string of the molecule is COc1cc(O)c(C=O)c(OCC(=O)Nc2cc([C@@H]3CC[C@H](OC(=O)NC(C)C)C3)[nH]n2)c1. The van der Waals surface area contributed by atoms with Gasteiger partial charge in [-0.05, 0) is 33.1 Å². The highest BCUT2D eigenvalue weighted by atomic mass is 16.6. The second-order valence-electron chi connectivity index (χ2n) is 8.06. The van der Waals surface area contributed by atoms with Crippen molar-refractivity contribution >= 4 is 24.1 Å². The predicted octanol–water partition coefficient (Wildman–Crippen LogP) is 2.72. The molecule has 2 amide bonds. The topological polar surface area (TPSA) is 152 Å². The van der Waals surface area contributed by atoms with Gasteiger partial charge in [-0.2, -0.15) is 5.10 Å². The third-order valence-electron chi connectivity index (χ3n) is 5.18. The van der Waals surface area contributed by atoms with Crippen molar-refractivity contribution in [1.82, 2.24) is 15.5 Å². The van der Waals surface area contributed by atoms with Crippen molar-refractivity contribution in [3.05, 3.63) is 29.5 Å². The molecule has 0 aliphatic heterocycles. The van der Waals surface area contributed by atoms with Crippen molar-refractivity contribution < 1.29 is 33.7 Å². The highest BCUT2D eigenvalue weighted by molar-refractivity contribution is 5.91. The predicted molar refractivity (Wildman–Crippen MR) is 118 cm³/mol. The fourth-order valence-corrected chi connectivity index (χ4v) is 3.63. The number of carbonyl (C=O) groups excluding carboxylic acids is 3. The van der Waals surface area contributed by atoms with E-state index in [0.717, 1.165) is 18.5 Å². The number of aldehydes is 1. The van der Waals surface area contributed by atoms with Crippen LogP contribution in [0.1, 0.15) is 55.1 Å². The molecule has 0 bridgehead atoms. The van der Waals surface area contributed by atoms with Gasteiger partial charge in [-0.25, -0.2) is 4.79 Å². The molecule has 1 fully saturated rings. The van der Waals surface area contributed by atoms with Gasteiger partial charge in [0.25, 0.3) is 5.91 Å². The minimum absolute atomic E-state index is 0.0112. The number of alkyl carbamates (subject to hydrolysis) is 1. The number of hydrogen-bond donors (Lipinski definition) is 4. The third kappa shape index (κ3) is 6.37. The highest BCUT2D eigenvalue weighted by Gasteiger charge is 2.30. The largest absolute Gasteiger partial charge is 0.507 e. The van der Waals surface area contributed by atoms with Gasteiger partial charge in [0.05, 0.1) is 12.7 Å². The van der Waals surface area contributed by atoms with E-state index < -0.39 is 18.6 Å². The Labute approximate surface area is 190 Å². The van der Waals surface area contributed by atoms with Crippen LogP contribution in [0.3, 0.4) is 0 Å². The fraction of sp³-hybridized carbons (Fsp3) is 0.455. The Bertz CT molecular complexity index is 1000. The summed E-state index contributed by atoms with van der Waals surface area (Å²) in [6.45, 7) is 3.33. The Morgan fingerprint density at radius 1 is 1.30 bits per heavy atom. The van der Waals surface area contributed by atoms with Crippen molar-refractivity contribution in [1.29, 1.82) is 0 Å². The number of nitrogens with one attached hydrogen (secondary N) is 3. The maximum absolute atomic E-state index is 12.3. The lowest BCUT2D eigenvalue weighted by Gasteiger charge is -2.14. The molecule has 2 atom stereocenters. The van der Waals surface area contributed by atoms with E-state index in [9.17, 15) is 19.5 Å². The summed E-state index contributed by atoms with van der Waals surface area (Å²) in [6.07, 6.45) is 2.08. The third-order valence-corrected chi connectivity index (χ3v) is 5.18. The molecule has 1 heterocycles. The minimum Gasteiger partial charge on any atom is -0.507 e. The van der Waals surface area contributed by atoms with Crippen molar-refractivity contribution in [2.24, 2.45) is 0 Å². The molecule has 0 spiro atoms. The molecule has 0 saturated heterocycles. The second kappa shape index (κ2) is 10.7. The van der Waals surface area contributed by atoms with Crippen LogP contribution >= 0.6 is 0 Å². The Morgan fingerprint density at radius 3 is 2.79 bits per heavy atom. The number of H-pyrrole nitrogens is 1. The molecule has 4 N–H and O–H groups in total. The van der Waals surface area contributed by atoms with Crippen LogP contribution in [0.4, 0.5) is 10.6 Å². The molecule has 1 aliphatic carbocycles. The van der Waals surface area contributed by atoms with Gasteiger partial charge in [0.2, 0.25) is 0 Å². The average Bonchev–Trinajstić information content (AvgIpc) is 3.40. The van der Waals surface area contributed by atoms with Gasteiger partial charge >= 0.3 is 6.09 Å². The number of ether oxygens (including phenoxy) is 3. The summed E-state index contributed by atoms with van der Waals surface area (Å²) in [4.78, 5) is 35.3. The first kappa shape index (κ1) is 23.9. The molecule has 1 saturated carbocycles. The van der Waals surface area contributed by atoms with Crippen LogP contribution in [-0.2, 0) is 9.53 Å². The first-order valence-corrected chi connectivity index (χ1v) is 10.6. The normalized spacial score (nSPS) is 17.5. The zero-order valence-corrected chi connectivity index (χ0v) is 18.7. The molecular weight excluding hydrogens is 432 g/mol. The maximum atomic E-state index is 12.3. The molecule has 1 aromatic heterocycles. The zero-order valence-electron chi connectivity index (χ0n) is 18.7. The summed E-state index contributed by atoms with van der Waals surface area (Å²) in [7, 11) is 1.40. The number of carbonyl (C=O) groups is 3. The number of methoxy groups -OCH3 is 1. The van der Waals surface area contributed by atoms with Crippen LogP contribution in [-0.4, -0.2) is 59.5 Å². The number of anilines is 1. The summed E-state index contributed by atoms with van der Waals surface area (Å²) in [5.41, 5.74) is 0.758. The lowest BCUT2D eigenvalue weighted by Crippen LogP contribution is -2.33. The highest BCUT2D eigenvalue weighted by Crippen LogP contribution is 2.36. The Morgan fingerprint density at radius 2 is 2.09 bits per heavy atom. The van der Waals surface area contributed by atoms with Crippen LogP contribution in [0.25, 0.3) is 0 Å². The van der Waals surface area contributed by atoms with Gasteiger partial charge in [-0.3, -0.25) is 14.7 Å². The summed E-state index contributed by atoms with van der Waals surface area (Å²) in [6, 6.07) is 4.42. The number of aromatic nitrogens is 2. The lowest BCUT2D eigenvalue weighted by atomic mass is 10.0. The number of nitrogens with zero attached hydrogens (tertiary/aromatic N) is 1. The van der Waals surface area contributed by atoms with Gasteiger partial charge in [-0.15, -0.1) is 0 Å². The smallest absolute Gasteiger partial charge is 0.407 e. The van der Waals surface area contributed by atoms with Crippen LogP contribution in [0, 0.1) is 0 Å². The van der Waals surface area contributed by atoms with Crippen molar-refractivity contribution in [2.45, 2.75) is 51.2 Å². The zero-order chi connectivity index (χ0) is 24.0. The maximum Gasteiger partial charge on any atom is 0.407 e. The van der Waals surface area contributed by atoms with Crippen LogP contribution < -0.4 is 20.1 Å². The van der Waals surface area contributed by atoms with Crippen LogP contribution in [0.15, 0.2) is 18.2 Å². The van der Waals surface area contributed by atoms with Crippen molar-refractivity contribution in [3.63, 3.8) is 0 Å². The molecule has 178 valence electrons. The van der Waals surface area contributed by atoms with E-state index in [4.69, 9.17) is 14.2 Å². The molecule has 3 rings (SSSR count). The second-order valence-corrected chi connectivity index (χ2v) is 8.06. The van der Waals surface area contributed by atoms with Gasteiger partial charge in [0, 0.05) is 35.9 Å². The van der Waals surface area contributed by atoms with E-state index >= 15 is 0 Å². The molecule has 33 heavy (non-hydrogen) atoms. The molecule has 0 radical (unpaired) electrons. The lowest BCUT2D eigenvalue weighted by molar-refractivity contribution is -0.118. The number of rotatable bonds is 9. The number of aromatic hydroxyl groups is 1. The van der Waals surface area contributed by atoms with Crippen LogP contribution in [0.2, 0.25) is 0 Å². The summed E-state index contributed by atoms with van der Waals surface area (Å²) in [5.74, 6) is -0.0394. The molecule has 1 aromatic carbocycles. The van der Waals surface area contributed by atoms with Crippen molar-refractivity contribution in [2.75, 3.05) is 19.0 Å². The van der Waals surface area contributed by atoms with E-state index in [0.29, 0.717) is 18.5 Å². The number of phenolic OH excluding ortho intramolecular Hbond substituents is 1. The number of phenols is 1. The van der Waals surface area contributed by atoms with E-state index in [1.807, 2.05) is 13.8 Å².